The summed E-state index contributed by atoms with van der Waals surface area (Å²) >= 11 is 3.59. The summed E-state index contributed by atoms with van der Waals surface area (Å²) < 4.78 is 11.5. The van der Waals surface area contributed by atoms with Crippen LogP contribution in [0.5, 0.6) is 0 Å². The molecule has 2 amide bonds. The number of nitrogens with one attached hydrogen (secondary N) is 1. The van der Waals surface area contributed by atoms with Crippen molar-refractivity contribution < 1.29 is 29.0 Å². The van der Waals surface area contributed by atoms with Gasteiger partial charge in [0.05, 0.1) is 24.5 Å². The van der Waals surface area contributed by atoms with E-state index in [1.807, 2.05) is 0 Å². The number of unbranched alkanes of at least 4 members (excludes halogenated alkanes) is 2. The summed E-state index contributed by atoms with van der Waals surface area (Å²) in [4.78, 5) is 40.6. The van der Waals surface area contributed by atoms with Gasteiger partial charge in [-0.1, -0.05) is 35.7 Å². The number of ether oxygens (including phenoxy) is 2. The van der Waals surface area contributed by atoms with E-state index in [1.54, 1.807) is 6.92 Å². The zero-order chi connectivity index (χ0) is 21.2. The molecular formula is C20H31BrN2O6. The zero-order valence-electron chi connectivity index (χ0n) is 17.1. The number of hydrogen-bond acceptors (Lipinski definition) is 6. The first-order valence-electron chi connectivity index (χ1n) is 10.6. The van der Waals surface area contributed by atoms with Gasteiger partial charge in [0.2, 0.25) is 11.8 Å². The molecule has 3 fully saturated rings. The third-order valence-electron chi connectivity index (χ3n) is 6.23. The van der Waals surface area contributed by atoms with Gasteiger partial charge in [0, 0.05) is 24.5 Å². The second kappa shape index (κ2) is 9.31. The molecule has 0 radical (unpaired) electrons. The highest BCUT2D eigenvalue weighted by molar-refractivity contribution is 9.09. The lowest BCUT2D eigenvalue weighted by molar-refractivity contribution is -0.154. The van der Waals surface area contributed by atoms with Gasteiger partial charge in [0.25, 0.3) is 0 Å². The van der Waals surface area contributed by atoms with Gasteiger partial charge < -0.3 is 24.8 Å². The van der Waals surface area contributed by atoms with E-state index < -0.39 is 35.6 Å². The molecule has 0 aromatic carbocycles. The topological polar surface area (TPSA) is 105 Å². The predicted molar refractivity (Wildman–Crippen MR) is 108 cm³/mol. The van der Waals surface area contributed by atoms with Crippen molar-refractivity contribution in [1.82, 2.24) is 10.2 Å². The number of halogens is 1. The number of esters is 1. The molecule has 2 bridgehead atoms. The Bertz CT molecular complexity index is 646. The number of likely N-dealkylation sites (tertiary alicyclic amines) is 1. The number of carbonyl (C=O) groups is 3. The van der Waals surface area contributed by atoms with Gasteiger partial charge >= 0.3 is 5.97 Å². The van der Waals surface area contributed by atoms with Crippen LogP contribution in [0.2, 0.25) is 0 Å². The van der Waals surface area contributed by atoms with Crippen LogP contribution in [0.1, 0.15) is 46.0 Å². The number of rotatable bonds is 10. The maximum Gasteiger partial charge on any atom is 0.312 e. The minimum Gasteiger partial charge on any atom is -0.466 e. The summed E-state index contributed by atoms with van der Waals surface area (Å²) in [7, 11) is 0. The van der Waals surface area contributed by atoms with E-state index in [4.69, 9.17) is 9.47 Å². The number of aliphatic hydroxyl groups excluding tert-OH is 1. The third-order valence-corrected chi connectivity index (χ3v) is 7.08. The number of amides is 2. The fourth-order valence-corrected chi connectivity index (χ4v) is 6.05. The number of hydrogen-bond donors (Lipinski definition) is 2. The van der Waals surface area contributed by atoms with E-state index >= 15 is 0 Å². The van der Waals surface area contributed by atoms with E-state index in [0.29, 0.717) is 19.4 Å². The quantitative estimate of drug-likeness (QED) is 0.277. The first-order valence-corrected chi connectivity index (χ1v) is 11.5. The largest absolute Gasteiger partial charge is 0.466 e. The number of nitrogens with zero attached hydrogens (tertiary/aromatic N) is 1. The first-order chi connectivity index (χ1) is 13.9. The summed E-state index contributed by atoms with van der Waals surface area (Å²) in [5, 5.41) is 12.2. The SMILES string of the molecule is CCCCCNC(=O)C1N(CCCO)C(=O)[C@@H]2[C@@H](C(=O)OCC)[C@@H]3OC12CC3Br. The van der Waals surface area contributed by atoms with Crippen LogP contribution >= 0.6 is 15.9 Å². The fourth-order valence-electron chi connectivity index (χ4n) is 5.10. The molecule has 0 saturated carbocycles. The Kier molecular flexibility index (Phi) is 7.22. The lowest BCUT2D eigenvalue weighted by Crippen LogP contribution is -2.56. The molecular weight excluding hydrogens is 444 g/mol. The molecule has 3 heterocycles. The summed E-state index contributed by atoms with van der Waals surface area (Å²) in [6.07, 6.45) is 3.28. The predicted octanol–water partition coefficient (Wildman–Crippen LogP) is 0.986. The lowest BCUT2D eigenvalue weighted by atomic mass is 9.70. The van der Waals surface area contributed by atoms with Gasteiger partial charge in [-0.3, -0.25) is 14.4 Å². The van der Waals surface area contributed by atoms with E-state index in [1.165, 1.54) is 4.90 Å². The van der Waals surface area contributed by atoms with E-state index in [9.17, 15) is 19.5 Å². The van der Waals surface area contributed by atoms with Crippen molar-refractivity contribution in [3.05, 3.63) is 0 Å². The highest BCUT2D eigenvalue weighted by Crippen LogP contribution is 2.60. The zero-order valence-corrected chi connectivity index (χ0v) is 18.7. The van der Waals surface area contributed by atoms with Gasteiger partial charge in [-0.2, -0.15) is 0 Å². The summed E-state index contributed by atoms with van der Waals surface area (Å²) in [5.74, 6) is -2.42. The molecule has 8 nitrogen and oxygen atoms in total. The number of carbonyl (C=O) groups excluding carboxylic acids is 3. The minimum absolute atomic E-state index is 0.0852. The summed E-state index contributed by atoms with van der Waals surface area (Å²) in [5.41, 5.74) is -1.04. The van der Waals surface area contributed by atoms with E-state index in [0.717, 1.165) is 19.3 Å². The van der Waals surface area contributed by atoms with Crippen molar-refractivity contribution >= 4 is 33.7 Å². The molecule has 0 aromatic heterocycles. The Labute approximate surface area is 179 Å². The third kappa shape index (κ3) is 3.81. The van der Waals surface area contributed by atoms with Crippen molar-refractivity contribution in [3.8, 4) is 0 Å². The molecule has 3 saturated heterocycles. The van der Waals surface area contributed by atoms with Crippen LogP contribution in [0.15, 0.2) is 0 Å². The Balaban J connectivity index is 1.90. The van der Waals surface area contributed by atoms with Crippen LogP contribution in [-0.2, 0) is 23.9 Å². The molecule has 3 rings (SSSR count). The normalized spacial score (nSPS) is 35.1. The molecule has 1 spiro atoms. The van der Waals surface area contributed by atoms with Gasteiger partial charge in [0.15, 0.2) is 0 Å². The summed E-state index contributed by atoms with van der Waals surface area (Å²) in [6.45, 7) is 4.74. The Morgan fingerprint density at radius 1 is 1.34 bits per heavy atom. The molecule has 29 heavy (non-hydrogen) atoms. The number of fused-ring (bicyclic) bond motifs is 1. The van der Waals surface area contributed by atoms with Crippen LogP contribution in [0.4, 0.5) is 0 Å². The monoisotopic (exact) mass is 474 g/mol. The Morgan fingerprint density at radius 3 is 2.76 bits per heavy atom. The highest BCUT2D eigenvalue weighted by Gasteiger charge is 2.76. The molecule has 9 heteroatoms. The molecule has 2 N–H and O–H groups in total. The molecule has 3 unspecified atom stereocenters. The highest BCUT2D eigenvalue weighted by atomic mass is 79.9. The van der Waals surface area contributed by atoms with Crippen LogP contribution in [-0.4, -0.2) is 76.7 Å². The smallest absolute Gasteiger partial charge is 0.312 e. The molecule has 0 aromatic rings. The molecule has 3 aliphatic heterocycles. The summed E-state index contributed by atoms with van der Waals surface area (Å²) in [6, 6.07) is -0.808. The fraction of sp³-hybridized carbons (Fsp3) is 0.850. The van der Waals surface area contributed by atoms with Crippen LogP contribution in [0.25, 0.3) is 0 Å². The maximum absolute atomic E-state index is 13.4. The van der Waals surface area contributed by atoms with E-state index in [2.05, 4.69) is 28.2 Å². The maximum atomic E-state index is 13.4. The number of alkyl halides is 1. The standard InChI is InChI=1S/C20H31BrN2O6/c1-3-5-6-8-22-17(25)16-20-11-12(21)15(29-20)13(19(27)28-4-2)14(20)18(26)23(16)9-7-10-24/h12-16,24H,3-11H2,1-2H3,(H,22,25)/t12?,13-,14+,15-,16?,20?/m1/s1. The van der Waals surface area contributed by atoms with Gasteiger partial charge in [0.1, 0.15) is 11.6 Å². The molecule has 3 aliphatic rings. The lowest BCUT2D eigenvalue weighted by Gasteiger charge is -2.34. The van der Waals surface area contributed by atoms with Gasteiger partial charge in [-0.05, 0) is 26.2 Å². The second-order valence-electron chi connectivity index (χ2n) is 8.02. The Morgan fingerprint density at radius 2 is 2.10 bits per heavy atom. The van der Waals surface area contributed by atoms with E-state index in [-0.39, 0.29) is 36.4 Å². The molecule has 0 aliphatic carbocycles. The Hall–Kier alpha value is -1.19. The van der Waals surface area contributed by atoms with Crippen molar-refractivity contribution in [2.75, 3.05) is 26.3 Å². The van der Waals surface area contributed by atoms with Gasteiger partial charge in [-0.15, -0.1) is 0 Å². The molecule has 6 atom stereocenters. The average Bonchev–Trinajstić information content (AvgIpc) is 3.27. The van der Waals surface area contributed by atoms with Crippen LogP contribution in [0, 0.1) is 11.8 Å². The first kappa shape index (κ1) is 22.5. The van der Waals surface area contributed by atoms with Crippen molar-refractivity contribution in [1.29, 1.82) is 0 Å². The van der Waals surface area contributed by atoms with Crippen LogP contribution in [0.3, 0.4) is 0 Å². The minimum atomic E-state index is -1.04. The van der Waals surface area contributed by atoms with Crippen molar-refractivity contribution in [3.63, 3.8) is 0 Å². The number of aliphatic hydroxyl groups is 1. The molecule has 164 valence electrons. The van der Waals surface area contributed by atoms with Crippen molar-refractivity contribution in [2.24, 2.45) is 11.8 Å². The average molecular weight is 475 g/mol. The van der Waals surface area contributed by atoms with Crippen molar-refractivity contribution in [2.45, 2.75) is 68.5 Å². The van der Waals surface area contributed by atoms with Gasteiger partial charge in [-0.25, -0.2) is 0 Å². The second-order valence-corrected chi connectivity index (χ2v) is 9.20. The van der Waals surface area contributed by atoms with Crippen LogP contribution < -0.4 is 5.32 Å².